The van der Waals surface area contributed by atoms with Crippen LogP contribution in [0, 0.1) is 0 Å². The van der Waals surface area contributed by atoms with Crippen LogP contribution in [0.1, 0.15) is 11.1 Å². The zero-order valence-electron chi connectivity index (χ0n) is 7.81. The van der Waals surface area contributed by atoms with Gasteiger partial charge in [-0.05, 0) is 29.1 Å². The fourth-order valence-corrected chi connectivity index (χ4v) is 1.62. The van der Waals surface area contributed by atoms with Gasteiger partial charge in [0.05, 0.1) is 6.61 Å². The molecule has 14 heavy (non-hydrogen) atoms. The predicted octanol–water partition coefficient (Wildman–Crippen LogP) is 2.47. The lowest BCUT2D eigenvalue weighted by Gasteiger charge is -2.01. The summed E-state index contributed by atoms with van der Waals surface area (Å²) in [5, 5.41) is 3.51. The van der Waals surface area contributed by atoms with Gasteiger partial charge in [0.15, 0.2) is 0 Å². The van der Waals surface area contributed by atoms with Crippen molar-refractivity contribution >= 4 is 0 Å². The van der Waals surface area contributed by atoms with Crippen LogP contribution in [0.2, 0.25) is 0 Å². The van der Waals surface area contributed by atoms with Gasteiger partial charge in [-0.1, -0.05) is 17.2 Å². The van der Waals surface area contributed by atoms with Crippen molar-refractivity contribution in [2.45, 2.75) is 12.8 Å². The maximum atomic E-state index is 8.14. The van der Waals surface area contributed by atoms with Gasteiger partial charge >= 0.3 is 0 Å². The highest BCUT2D eigenvalue weighted by atomic mass is 16.5. The molecule has 1 aromatic carbocycles. The first-order chi connectivity index (χ1) is 6.90. The van der Waals surface area contributed by atoms with E-state index in [1.807, 2.05) is 12.1 Å². The monoisotopic (exact) mass is 189 g/mol. The van der Waals surface area contributed by atoms with Crippen molar-refractivity contribution in [1.82, 2.24) is 0 Å². The maximum absolute atomic E-state index is 8.14. The van der Waals surface area contributed by atoms with E-state index in [4.69, 9.17) is 10.3 Å². The van der Waals surface area contributed by atoms with Crippen molar-refractivity contribution in [3.05, 3.63) is 39.8 Å². The zero-order valence-corrected chi connectivity index (χ0v) is 7.81. The Morgan fingerprint density at radius 1 is 1.50 bits per heavy atom. The number of azide groups is 1. The molecule has 0 unspecified atom stereocenters. The van der Waals surface area contributed by atoms with Crippen LogP contribution in [-0.2, 0) is 12.8 Å². The van der Waals surface area contributed by atoms with Crippen molar-refractivity contribution < 1.29 is 4.74 Å². The van der Waals surface area contributed by atoms with E-state index in [-0.39, 0.29) is 0 Å². The molecule has 0 bridgehead atoms. The molecule has 0 atom stereocenters. The summed E-state index contributed by atoms with van der Waals surface area (Å²) in [6.45, 7) is 1.31. The first-order valence-corrected chi connectivity index (χ1v) is 4.65. The summed E-state index contributed by atoms with van der Waals surface area (Å²) >= 11 is 0. The van der Waals surface area contributed by atoms with Crippen molar-refractivity contribution in [3.8, 4) is 5.75 Å². The average Bonchev–Trinajstić information content (AvgIpc) is 2.65. The van der Waals surface area contributed by atoms with Gasteiger partial charge < -0.3 is 4.74 Å². The van der Waals surface area contributed by atoms with Gasteiger partial charge in [0.2, 0.25) is 0 Å². The standard InChI is InChI=1S/C10H11N3O/c11-13-12-5-3-8-1-2-10-9(7-8)4-6-14-10/h1-2,7H,3-6H2. The Balaban J connectivity index is 2.08. The highest BCUT2D eigenvalue weighted by Gasteiger charge is 2.11. The third-order valence-electron chi connectivity index (χ3n) is 2.32. The van der Waals surface area contributed by atoms with Crippen LogP contribution in [-0.4, -0.2) is 13.2 Å². The Hall–Kier alpha value is -1.67. The van der Waals surface area contributed by atoms with Crippen LogP contribution < -0.4 is 4.74 Å². The third-order valence-corrected chi connectivity index (χ3v) is 2.32. The molecular formula is C10H11N3O. The number of ether oxygens (including phenoxy) is 1. The lowest BCUT2D eigenvalue weighted by molar-refractivity contribution is 0.357. The van der Waals surface area contributed by atoms with E-state index < -0.39 is 0 Å². The second-order valence-electron chi connectivity index (χ2n) is 3.25. The second-order valence-corrected chi connectivity index (χ2v) is 3.25. The van der Waals surface area contributed by atoms with Crippen molar-refractivity contribution in [1.29, 1.82) is 0 Å². The van der Waals surface area contributed by atoms with Gasteiger partial charge in [-0.25, -0.2) is 0 Å². The van der Waals surface area contributed by atoms with Gasteiger partial charge in [0, 0.05) is 17.9 Å². The van der Waals surface area contributed by atoms with Crippen molar-refractivity contribution in [2.75, 3.05) is 13.2 Å². The Morgan fingerprint density at radius 3 is 3.29 bits per heavy atom. The fourth-order valence-electron chi connectivity index (χ4n) is 1.62. The number of fused-ring (bicyclic) bond motifs is 1. The van der Waals surface area contributed by atoms with Crippen molar-refractivity contribution in [2.24, 2.45) is 5.11 Å². The number of hydrogen-bond acceptors (Lipinski definition) is 2. The highest BCUT2D eigenvalue weighted by molar-refractivity contribution is 5.39. The molecule has 0 amide bonds. The molecule has 0 N–H and O–H groups in total. The molecule has 1 aromatic rings. The molecule has 1 aliphatic rings. The topological polar surface area (TPSA) is 58.0 Å². The molecule has 0 radical (unpaired) electrons. The minimum atomic E-state index is 0.524. The number of hydrogen-bond donors (Lipinski definition) is 0. The summed E-state index contributed by atoms with van der Waals surface area (Å²) in [5.41, 5.74) is 10.6. The summed E-state index contributed by atoms with van der Waals surface area (Å²) in [6, 6.07) is 6.15. The smallest absolute Gasteiger partial charge is 0.122 e. The molecule has 1 heterocycles. The van der Waals surface area contributed by atoms with Gasteiger partial charge in [-0.3, -0.25) is 0 Å². The SMILES string of the molecule is [N-]=[N+]=NCCc1ccc2c(c1)CCO2. The first kappa shape index (κ1) is 8.91. The normalized spacial score (nSPS) is 12.9. The zero-order chi connectivity index (χ0) is 9.80. The molecule has 0 aliphatic carbocycles. The summed E-state index contributed by atoms with van der Waals surface area (Å²) < 4.78 is 5.40. The molecule has 0 fully saturated rings. The molecule has 4 nitrogen and oxygen atoms in total. The Morgan fingerprint density at radius 2 is 2.43 bits per heavy atom. The highest BCUT2D eigenvalue weighted by Crippen LogP contribution is 2.25. The lowest BCUT2D eigenvalue weighted by Crippen LogP contribution is -1.89. The van der Waals surface area contributed by atoms with Crippen molar-refractivity contribution in [3.63, 3.8) is 0 Å². The molecule has 72 valence electrons. The van der Waals surface area contributed by atoms with Crippen LogP contribution >= 0.6 is 0 Å². The quantitative estimate of drug-likeness (QED) is 0.409. The average molecular weight is 189 g/mol. The van der Waals surface area contributed by atoms with Gasteiger partial charge in [-0.2, -0.15) is 0 Å². The molecule has 0 saturated carbocycles. The fraction of sp³-hybridized carbons (Fsp3) is 0.400. The summed E-state index contributed by atoms with van der Waals surface area (Å²) in [6.07, 6.45) is 1.79. The maximum Gasteiger partial charge on any atom is 0.122 e. The van der Waals surface area contributed by atoms with Crippen LogP contribution in [0.3, 0.4) is 0 Å². The molecule has 1 aliphatic heterocycles. The van der Waals surface area contributed by atoms with Crippen LogP contribution in [0.5, 0.6) is 5.75 Å². The Labute approximate surface area is 82.1 Å². The van der Waals surface area contributed by atoms with Gasteiger partial charge in [-0.15, -0.1) is 0 Å². The van der Waals surface area contributed by atoms with Crippen LogP contribution in [0.4, 0.5) is 0 Å². The first-order valence-electron chi connectivity index (χ1n) is 4.65. The largest absolute Gasteiger partial charge is 0.493 e. The molecule has 0 aromatic heterocycles. The second kappa shape index (κ2) is 4.03. The molecule has 2 rings (SSSR count). The lowest BCUT2D eigenvalue weighted by atomic mass is 10.1. The minimum Gasteiger partial charge on any atom is -0.493 e. The Bertz CT molecular complexity index is 383. The molecule has 4 heteroatoms. The van der Waals surface area contributed by atoms with Crippen LogP contribution in [0.15, 0.2) is 23.3 Å². The van der Waals surface area contributed by atoms with E-state index >= 15 is 0 Å². The van der Waals surface area contributed by atoms with E-state index in [0.29, 0.717) is 6.54 Å². The number of rotatable bonds is 3. The number of nitrogens with zero attached hydrogens (tertiary/aromatic N) is 3. The van der Waals surface area contributed by atoms with Gasteiger partial charge in [0.25, 0.3) is 0 Å². The van der Waals surface area contributed by atoms with E-state index in [9.17, 15) is 0 Å². The summed E-state index contributed by atoms with van der Waals surface area (Å²) in [5.74, 6) is 0.998. The van der Waals surface area contributed by atoms with E-state index in [1.165, 1.54) is 11.1 Å². The predicted molar refractivity (Wildman–Crippen MR) is 53.4 cm³/mol. The molecular weight excluding hydrogens is 178 g/mol. The van der Waals surface area contributed by atoms with E-state index in [1.54, 1.807) is 0 Å². The molecule has 0 saturated heterocycles. The molecule has 0 spiro atoms. The minimum absolute atomic E-state index is 0.524. The summed E-state index contributed by atoms with van der Waals surface area (Å²) in [4.78, 5) is 2.72. The van der Waals surface area contributed by atoms with Gasteiger partial charge in [0.1, 0.15) is 5.75 Å². The van der Waals surface area contributed by atoms with Crippen LogP contribution in [0.25, 0.3) is 10.4 Å². The van der Waals surface area contributed by atoms with E-state index in [2.05, 4.69) is 16.1 Å². The summed E-state index contributed by atoms with van der Waals surface area (Å²) in [7, 11) is 0. The Kier molecular flexibility index (Phi) is 2.56. The number of benzene rings is 1. The van der Waals surface area contributed by atoms with E-state index in [0.717, 1.165) is 25.2 Å². The third kappa shape index (κ3) is 1.80.